The first-order valence-electron chi connectivity index (χ1n) is 5.96. The second kappa shape index (κ2) is 5.48. The summed E-state index contributed by atoms with van der Waals surface area (Å²) < 4.78 is 27.3. The summed E-state index contributed by atoms with van der Waals surface area (Å²) in [6, 6.07) is 8.57. The van der Waals surface area contributed by atoms with E-state index in [0.29, 0.717) is 5.69 Å². The Hall–Kier alpha value is -2.12. The van der Waals surface area contributed by atoms with Crippen LogP contribution in [0, 0.1) is 13.8 Å². The minimum absolute atomic E-state index is 0.136. The van der Waals surface area contributed by atoms with E-state index in [0.717, 1.165) is 11.1 Å². The molecule has 20 heavy (non-hydrogen) atoms. The first-order chi connectivity index (χ1) is 9.45. The molecule has 0 radical (unpaired) electrons. The number of nitrogens with one attached hydrogen (secondary N) is 2. The zero-order valence-corrected chi connectivity index (χ0v) is 12.0. The number of nitrogen functional groups attached to an aromatic ring is 1. The van der Waals surface area contributed by atoms with Gasteiger partial charge >= 0.3 is 0 Å². The van der Waals surface area contributed by atoms with Gasteiger partial charge in [0.25, 0.3) is 10.0 Å². The number of hydrogen-bond donors (Lipinski definition) is 3. The topological polar surface area (TPSA) is 97.1 Å². The number of hydrogen-bond acceptors (Lipinski definition) is 5. The van der Waals surface area contributed by atoms with E-state index in [9.17, 15) is 8.42 Å². The Balaban J connectivity index is 2.44. The molecule has 0 aliphatic rings. The van der Waals surface area contributed by atoms with E-state index in [1.807, 2.05) is 19.9 Å². The Morgan fingerprint density at radius 1 is 1.10 bits per heavy atom. The summed E-state index contributed by atoms with van der Waals surface area (Å²) in [6.45, 7) is 3.77. The van der Waals surface area contributed by atoms with Crippen molar-refractivity contribution in [1.82, 2.24) is 4.98 Å². The van der Waals surface area contributed by atoms with Gasteiger partial charge in [0, 0.05) is 6.20 Å². The molecule has 0 saturated carbocycles. The van der Waals surface area contributed by atoms with Crippen molar-refractivity contribution in [3.8, 4) is 0 Å². The van der Waals surface area contributed by atoms with Crippen molar-refractivity contribution < 1.29 is 8.42 Å². The van der Waals surface area contributed by atoms with Gasteiger partial charge in [-0.3, -0.25) is 10.6 Å². The van der Waals surface area contributed by atoms with E-state index in [-0.39, 0.29) is 10.7 Å². The third-order valence-corrected chi connectivity index (χ3v) is 4.35. The Bertz CT molecular complexity index is 729. The number of aryl methyl sites for hydroxylation is 1. The van der Waals surface area contributed by atoms with Gasteiger partial charge in [-0.2, -0.15) is 8.42 Å². The second-order valence-corrected chi connectivity index (χ2v) is 5.95. The Morgan fingerprint density at radius 2 is 1.80 bits per heavy atom. The van der Waals surface area contributed by atoms with Crippen LogP contribution >= 0.6 is 0 Å². The molecular formula is C13H16N4O2S. The third kappa shape index (κ3) is 2.73. The van der Waals surface area contributed by atoms with Crippen molar-refractivity contribution in [3.05, 3.63) is 47.7 Å². The molecule has 1 heterocycles. The van der Waals surface area contributed by atoms with Crippen LogP contribution in [0.15, 0.2) is 41.6 Å². The molecule has 0 amide bonds. The van der Waals surface area contributed by atoms with Crippen LogP contribution in [0.5, 0.6) is 0 Å². The molecule has 7 heteroatoms. The van der Waals surface area contributed by atoms with Crippen molar-refractivity contribution >= 4 is 21.4 Å². The van der Waals surface area contributed by atoms with Crippen molar-refractivity contribution in [1.29, 1.82) is 0 Å². The smallest absolute Gasteiger partial charge is 0.281 e. The van der Waals surface area contributed by atoms with Crippen molar-refractivity contribution in [2.45, 2.75) is 18.9 Å². The fourth-order valence-corrected chi connectivity index (χ4v) is 2.99. The van der Waals surface area contributed by atoms with Gasteiger partial charge in [0.05, 0.1) is 11.4 Å². The number of hydrazine groups is 1. The van der Waals surface area contributed by atoms with Crippen molar-refractivity contribution in [2.75, 3.05) is 10.1 Å². The molecule has 0 saturated heterocycles. The minimum atomic E-state index is -3.80. The molecule has 4 N–H and O–H groups in total. The minimum Gasteiger partial charge on any atom is -0.321 e. The molecular weight excluding hydrogens is 276 g/mol. The normalized spacial score (nSPS) is 11.2. The summed E-state index contributed by atoms with van der Waals surface area (Å²) in [5.74, 6) is 5.31. The summed E-state index contributed by atoms with van der Waals surface area (Å²) in [4.78, 5) is 3.88. The molecule has 0 aliphatic heterocycles. The monoisotopic (exact) mass is 292 g/mol. The molecule has 2 rings (SSSR count). The molecule has 6 nitrogen and oxygen atoms in total. The zero-order chi connectivity index (χ0) is 14.8. The van der Waals surface area contributed by atoms with Crippen molar-refractivity contribution in [3.63, 3.8) is 0 Å². The number of anilines is 2. The van der Waals surface area contributed by atoms with Crippen LogP contribution in [-0.2, 0) is 10.0 Å². The second-order valence-electron chi connectivity index (χ2n) is 4.35. The van der Waals surface area contributed by atoms with Crippen LogP contribution in [0.2, 0.25) is 0 Å². The quantitative estimate of drug-likeness (QED) is 0.589. The number of pyridine rings is 1. The van der Waals surface area contributed by atoms with Crippen LogP contribution in [0.4, 0.5) is 11.4 Å². The van der Waals surface area contributed by atoms with Gasteiger partial charge in [0.15, 0.2) is 0 Å². The average molecular weight is 292 g/mol. The largest absolute Gasteiger partial charge is 0.321 e. The first-order valence-corrected chi connectivity index (χ1v) is 7.44. The SMILES string of the molecule is Cc1cccc(NS(=O)(=O)c2ncccc2NN)c1C. The highest BCUT2D eigenvalue weighted by molar-refractivity contribution is 7.92. The fraction of sp³-hybridized carbons (Fsp3) is 0.154. The van der Waals surface area contributed by atoms with Crippen LogP contribution in [-0.4, -0.2) is 13.4 Å². The van der Waals surface area contributed by atoms with Crippen LogP contribution in [0.3, 0.4) is 0 Å². The number of benzene rings is 1. The highest BCUT2D eigenvalue weighted by Gasteiger charge is 2.20. The van der Waals surface area contributed by atoms with E-state index in [2.05, 4.69) is 15.1 Å². The molecule has 0 atom stereocenters. The zero-order valence-electron chi connectivity index (χ0n) is 11.2. The summed E-state index contributed by atoms with van der Waals surface area (Å²) in [5, 5.41) is -0.136. The lowest BCUT2D eigenvalue weighted by molar-refractivity contribution is 0.598. The number of rotatable bonds is 4. The van der Waals surface area contributed by atoms with Crippen LogP contribution in [0.1, 0.15) is 11.1 Å². The van der Waals surface area contributed by atoms with Gasteiger partial charge in [-0.25, -0.2) is 4.98 Å². The molecule has 0 spiro atoms. The van der Waals surface area contributed by atoms with Gasteiger partial charge in [-0.05, 0) is 43.2 Å². The van der Waals surface area contributed by atoms with Crippen LogP contribution < -0.4 is 16.0 Å². The number of aromatic nitrogens is 1. The van der Waals surface area contributed by atoms with Gasteiger partial charge < -0.3 is 5.43 Å². The molecule has 0 bridgehead atoms. The summed E-state index contributed by atoms with van der Waals surface area (Å²) >= 11 is 0. The van der Waals surface area contributed by atoms with E-state index >= 15 is 0 Å². The van der Waals surface area contributed by atoms with Gasteiger partial charge in [-0.1, -0.05) is 12.1 Å². The van der Waals surface area contributed by atoms with E-state index in [1.54, 1.807) is 24.3 Å². The maximum absolute atomic E-state index is 12.4. The summed E-state index contributed by atoms with van der Waals surface area (Å²) in [5.41, 5.74) is 4.97. The Morgan fingerprint density at radius 3 is 2.50 bits per heavy atom. The molecule has 0 unspecified atom stereocenters. The third-order valence-electron chi connectivity index (χ3n) is 3.03. The molecule has 2 aromatic rings. The summed E-state index contributed by atoms with van der Waals surface area (Å²) in [6.07, 6.45) is 1.40. The number of nitrogens with zero attached hydrogens (tertiary/aromatic N) is 1. The maximum atomic E-state index is 12.4. The predicted octanol–water partition coefficient (Wildman–Crippen LogP) is 1.78. The van der Waals surface area contributed by atoms with Gasteiger partial charge in [-0.15, -0.1) is 0 Å². The highest BCUT2D eigenvalue weighted by atomic mass is 32.2. The fourth-order valence-electron chi connectivity index (χ4n) is 1.77. The van der Waals surface area contributed by atoms with E-state index in [4.69, 9.17) is 5.84 Å². The molecule has 1 aromatic carbocycles. The lowest BCUT2D eigenvalue weighted by atomic mass is 10.1. The van der Waals surface area contributed by atoms with Gasteiger partial charge in [0.2, 0.25) is 5.03 Å². The lowest BCUT2D eigenvalue weighted by Gasteiger charge is -2.13. The highest BCUT2D eigenvalue weighted by Crippen LogP contribution is 2.24. The van der Waals surface area contributed by atoms with Gasteiger partial charge in [0.1, 0.15) is 0 Å². The van der Waals surface area contributed by atoms with E-state index in [1.165, 1.54) is 6.20 Å². The van der Waals surface area contributed by atoms with E-state index < -0.39 is 10.0 Å². The number of sulfonamides is 1. The average Bonchev–Trinajstić information content (AvgIpc) is 2.43. The molecule has 0 fully saturated rings. The first kappa shape index (κ1) is 14.3. The lowest BCUT2D eigenvalue weighted by Crippen LogP contribution is -2.19. The predicted molar refractivity (Wildman–Crippen MR) is 78.8 cm³/mol. The summed E-state index contributed by atoms with van der Waals surface area (Å²) in [7, 11) is -3.80. The maximum Gasteiger partial charge on any atom is 0.281 e. The van der Waals surface area contributed by atoms with Crippen molar-refractivity contribution in [2.24, 2.45) is 5.84 Å². The molecule has 106 valence electrons. The Kier molecular flexibility index (Phi) is 3.91. The Labute approximate surface area is 118 Å². The number of nitrogens with two attached hydrogens (primary N) is 1. The van der Waals surface area contributed by atoms with Crippen LogP contribution in [0.25, 0.3) is 0 Å². The standard InChI is InChI=1S/C13H16N4O2S/c1-9-5-3-6-11(10(9)2)17-20(18,19)13-12(16-14)7-4-8-15-13/h3-8,16-17H,14H2,1-2H3. The molecule has 0 aliphatic carbocycles. The molecule has 1 aromatic heterocycles.